The average molecular weight is 686 g/mol. The van der Waals surface area contributed by atoms with Crippen LogP contribution in [0.2, 0.25) is 0 Å². The fourth-order valence-electron chi connectivity index (χ4n) is 4.61. The lowest BCUT2D eigenvalue weighted by Crippen LogP contribution is -2.56. The van der Waals surface area contributed by atoms with Crippen molar-refractivity contribution in [1.82, 2.24) is 36.8 Å². The van der Waals surface area contributed by atoms with Crippen LogP contribution >= 0.6 is 0 Å². The number of likely N-dealkylation sites (tertiary alicyclic amines) is 1. The number of rotatable bonds is 21. The molecule has 0 bridgehead atoms. The van der Waals surface area contributed by atoms with Gasteiger partial charge in [0.05, 0.1) is 19.6 Å². The van der Waals surface area contributed by atoms with Crippen molar-refractivity contribution in [3.63, 3.8) is 0 Å². The maximum Gasteiger partial charge on any atom is 0.325 e. The van der Waals surface area contributed by atoms with Crippen molar-refractivity contribution >= 4 is 53.3 Å². The number of amides is 7. The summed E-state index contributed by atoms with van der Waals surface area (Å²) in [6.07, 6.45) is 1.01. The first-order chi connectivity index (χ1) is 22.6. The van der Waals surface area contributed by atoms with E-state index in [-0.39, 0.29) is 25.9 Å². The highest BCUT2D eigenvalue weighted by Gasteiger charge is 2.35. The van der Waals surface area contributed by atoms with Crippen LogP contribution in [0, 0.1) is 0 Å². The third-order valence-corrected chi connectivity index (χ3v) is 7.28. The molecule has 20 nitrogen and oxygen atoms in total. The average Bonchev–Trinajstić information content (AvgIpc) is 3.53. The van der Waals surface area contributed by atoms with Crippen molar-refractivity contribution < 1.29 is 53.4 Å². The van der Waals surface area contributed by atoms with Gasteiger partial charge in [-0.3, -0.25) is 43.2 Å². The van der Waals surface area contributed by atoms with Crippen molar-refractivity contribution in [2.75, 3.05) is 32.7 Å². The highest BCUT2D eigenvalue weighted by molar-refractivity contribution is 5.96. The molecule has 1 aliphatic heterocycles. The Labute approximate surface area is 276 Å². The fraction of sp³-hybridized carbons (Fsp3) is 0.679. The van der Waals surface area contributed by atoms with E-state index in [2.05, 4.69) is 31.9 Å². The molecule has 5 atom stereocenters. The number of carbonyl (C=O) groups excluding carboxylic acids is 7. The second kappa shape index (κ2) is 21.1. The van der Waals surface area contributed by atoms with Crippen LogP contribution < -0.4 is 43.4 Å². The Kier molecular flexibility index (Phi) is 18.1. The number of hydrogen-bond acceptors (Lipinski definition) is 11. The molecule has 12 N–H and O–H groups in total. The standard InChI is InChI=1S/C28H47N9O11/c1-15(34-27(46)19-7-5-11-37(19)22(40)12-30)24(43)31-14-21(39)35-18(8-9-23(41)42)26(45)36-17(6-3-4-10-29)25(44)32-13-20(38)33-16(2)28(47)48/h15-19H,3-14,29-30H2,1-2H3,(H,31,43)(H,32,44)(H,33,38)(H,34,46)(H,35,39)(H,36,45)(H,41,42)(H,47,48)/t15-,16-,17-,18-,19-/m0/s1. The van der Waals surface area contributed by atoms with E-state index in [1.54, 1.807) is 0 Å². The van der Waals surface area contributed by atoms with Gasteiger partial charge in [-0.25, -0.2) is 0 Å². The molecule has 0 aliphatic carbocycles. The summed E-state index contributed by atoms with van der Waals surface area (Å²) in [4.78, 5) is 111. The topological polar surface area (TPSA) is 322 Å². The fourth-order valence-corrected chi connectivity index (χ4v) is 4.61. The van der Waals surface area contributed by atoms with Gasteiger partial charge >= 0.3 is 11.9 Å². The van der Waals surface area contributed by atoms with E-state index in [9.17, 15) is 43.2 Å². The zero-order valence-corrected chi connectivity index (χ0v) is 27.0. The Balaban J connectivity index is 2.82. The summed E-state index contributed by atoms with van der Waals surface area (Å²) in [7, 11) is 0. The maximum atomic E-state index is 13.1. The van der Waals surface area contributed by atoms with E-state index in [1.165, 1.54) is 18.7 Å². The molecule has 270 valence electrons. The first-order valence-corrected chi connectivity index (χ1v) is 15.5. The van der Waals surface area contributed by atoms with Gasteiger partial charge in [-0.1, -0.05) is 0 Å². The molecule has 0 aromatic heterocycles. The lowest BCUT2D eigenvalue weighted by molar-refractivity contribution is -0.141. The number of unbranched alkanes of at least 4 members (excludes halogenated alkanes) is 1. The second-order valence-corrected chi connectivity index (χ2v) is 11.1. The van der Waals surface area contributed by atoms with E-state index >= 15 is 0 Å². The van der Waals surface area contributed by atoms with E-state index in [0.29, 0.717) is 32.2 Å². The molecule has 1 heterocycles. The molecule has 0 saturated carbocycles. The maximum absolute atomic E-state index is 13.1. The van der Waals surface area contributed by atoms with Gasteiger partial charge < -0.3 is 58.5 Å². The molecule has 1 fully saturated rings. The number of nitrogens with two attached hydrogens (primary N) is 2. The van der Waals surface area contributed by atoms with Crippen molar-refractivity contribution in [3.8, 4) is 0 Å². The molecule has 1 saturated heterocycles. The van der Waals surface area contributed by atoms with Crippen LogP contribution in [-0.2, 0) is 43.2 Å². The Morgan fingerprint density at radius 3 is 1.94 bits per heavy atom. The first kappa shape index (κ1) is 41.2. The summed E-state index contributed by atoms with van der Waals surface area (Å²) in [5.41, 5.74) is 10.9. The van der Waals surface area contributed by atoms with Gasteiger partial charge in [0.15, 0.2) is 0 Å². The number of carboxylic acids is 2. The predicted molar refractivity (Wildman–Crippen MR) is 166 cm³/mol. The summed E-state index contributed by atoms with van der Waals surface area (Å²) in [5.74, 6) is -7.66. The Bertz CT molecular complexity index is 1200. The third kappa shape index (κ3) is 14.7. The number of aliphatic carboxylic acids is 2. The molecular formula is C28H47N9O11. The number of nitrogens with one attached hydrogen (secondary N) is 6. The van der Waals surface area contributed by atoms with Crippen molar-refractivity contribution in [1.29, 1.82) is 0 Å². The lowest BCUT2D eigenvalue weighted by atomic mass is 10.1. The molecule has 20 heteroatoms. The van der Waals surface area contributed by atoms with Gasteiger partial charge in [-0.2, -0.15) is 0 Å². The van der Waals surface area contributed by atoms with Gasteiger partial charge in [0.1, 0.15) is 30.2 Å². The van der Waals surface area contributed by atoms with Gasteiger partial charge in [-0.15, -0.1) is 0 Å². The van der Waals surface area contributed by atoms with Gasteiger partial charge in [-0.05, 0) is 58.9 Å². The number of carboxylic acid groups (broad SMARTS) is 2. The molecule has 1 aliphatic rings. The predicted octanol–water partition coefficient (Wildman–Crippen LogP) is -4.77. The quantitative estimate of drug-likeness (QED) is 0.0508. The minimum Gasteiger partial charge on any atom is -0.481 e. The van der Waals surface area contributed by atoms with Crippen LogP contribution in [0.5, 0.6) is 0 Å². The first-order valence-electron chi connectivity index (χ1n) is 15.5. The van der Waals surface area contributed by atoms with Gasteiger partial charge in [0.25, 0.3) is 0 Å². The molecule has 0 unspecified atom stereocenters. The monoisotopic (exact) mass is 685 g/mol. The summed E-state index contributed by atoms with van der Waals surface area (Å²) >= 11 is 0. The van der Waals surface area contributed by atoms with Crippen LogP contribution in [0.3, 0.4) is 0 Å². The minimum atomic E-state index is -1.44. The Hall–Kier alpha value is -4.85. The smallest absolute Gasteiger partial charge is 0.325 e. The highest BCUT2D eigenvalue weighted by Crippen LogP contribution is 2.17. The summed E-state index contributed by atoms with van der Waals surface area (Å²) in [5, 5.41) is 32.1. The van der Waals surface area contributed by atoms with E-state index < -0.39 is 103 Å². The van der Waals surface area contributed by atoms with Crippen LogP contribution in [0.25, 0.3) is 0 Å². The molecule has 48 heavy (non-hydrogen) atoms. The van der Waals surface area contributed by atoms with E-state index in [4.69, 9.17) is 21.7 Å². The summed E-state index contributed by atoms with van der Waals surface area (Å²) in [6.45, 7) is 1.72. The largest absolute Gasteiger partial charge is 0.481 e. The Morgan fingerprint density at radius 2 is 1.35 bits per heavy atom. The van der Waals surface area contributed by atoms with E-state index in [0.717, 1.165) is 0 Å². The van der Waals surface area contributed by atoms with Crippen molar-refractivity contribution in [2.24, 2.45) is 11.5 Å². The van der Waals surface area contributed by atoms with Gasteiger partial charge in [0.2, 0.25) is 41.4 Å². The SMILES string of the molecule is C[C@H](NC(=O)CNC(=O)[C@H](CCCCN)NC(=O)[C@H](CCC(=O)O)NC(=O)CNC(=O)[C@H](C)NC(=O)[C@@H]1CCCN1C(=O)CN)C(=O)O. The highest BCUT2D eigenvalue weighted by atomic mass is 16.4. The van der Waals surface area contributed by atoms with Gasteiger partial charge in [0, 0.05) is 13.0 Å². The molecule has 0 radical (unpaired) electrons. The lowest BCUT2D eigenvalue weighted by Gasteiger charge is -2.25. The molecule has 0 aromatic carbocycles. The summed E-state index contributed by atoms with van der Waals surface area (Å²) in [6, 6.07) is -5.77. The molecule has 0 spiro atoms. The zero-order valence-electron chi connectivity index (χ0n) is 27.0. The molecular weight excluding hydrogens is 638 g/mol. The molecule has 1 rings (SSSR count). The van der Waals surface area contributed by atoms with Crippen LogP contribution in [0.4, 0.5) is 0 Å². The molecule has 0 aromatic rings. The number of hydrogen-bond donors (Lipinski definition) is 10. The normalized spacial score (nSPS) is 16.3. The minimum absolute atomic E-state index is 0.0696. The number of carbonyl (C=O) groups is 9. The number of nitrogens with zero attached hydrogens (tertiary/aromatic N) is 1. The third-order valence-electron chi connectivity index (χ3n) is 7.28. The van der Waals surface area contributed by atoms with Crippen LogP contribution in [0.15, 0.2) is 0 Å². The van der Waals surface area contributed by atoms with E-state index in [1.807, 2.05) is 0 Å². The van der Waals surface area contributed by atoms with Crippen LogP contribution in [0.1, 0.15) is 58.8 Å². The molecule has 7 amide bonds. The second-order valence-electron chi connectivity index (χ2n) is 11.1. The van der Waals surface area contributed by atoms with Crippen molar-refractivity contribution in [3.05, 3.63) is 0 Å². The Morgan fingerprint density at radius 1 is 0.750 bits per heavy atom. The zero-order chi connectivity index (χ0) is 36.4. The summed E-state index contributed by atoms with van der Waals surface area (Å²) < 4.78 is 0. The van der Waals surface area contributed by atoms with Crippen molar-refractivity contribution in [2.45, 2.75) is 89.0 Å². The van der Waals surface area contributed by atoms with Crippen LogP contribution in [-0.4, -0.2) is 131 Å².